The molecule has 0 spiro atoms. The summed E-state index contributed by atoms with van der Waals surface area (Å²) in [4.78, 5) is 2.39. The standard InChI is InChI=1S/C29H27BN2O2/c1-28(2,33)29(3,4)34-30-19-14-16-21-22-15-13-18-9-5-6-10-20(18)26(22)27-31-23-11-7-8-12-24(23)32(27)25(21)17-19/h5-12,14,16-17,27,30-31,33H,1-4H3. The molecule has 0 aromatic heterocycles. The normalized spacial score (nSPS) is 16.1. The van der Waals surface area contributed by atoms with Gasteiger partial charge in [0.25, 0.3) is 0 Å². The molecule has 0 saturated carbocycles. The number of rotatable bonds is 4. The Morgan fingerprint density at radius 1 is 0.941 bits per heavy atom. The van der Waals surface area contributed by atoms with Crippen LogP contribution in [0.5, 0.6) is 0 Å². The van der Waals surface area contributed by atoms with E-state index >= 15 is 0 Å². The molecule has 2 heterocycles. The monoisotopic (exact) mass is 446 g/mol. The van der Waals surface area contributed by atoms with Gasteiger partial charge < -0.3 is 20.0 Å². The SMILES string of the molecule is CC(C)(O)C(C)(C)OBc1ccc2c(c1)N1c3ccccc3NC1c1c-2c#cc2ccccc12. The summed E-state index contributed by atoms with van der Waals surface area (Å²) in [5.74, 6) is 0. The lowest BCUT2D eigenvalue weighted by molar-refractivity contribution is -0.0893. The third kappa shape index (κ3) is 3.10. The van der Waals surface area contributed by atoms with Gasteiger partial charge >= 0.3 is 7.48 Å². The quantitative estimate of drug-likeness (QED) is 0.422. The molecule has 1 unspecified atom stereocenters. The Morgan fingerprint density at radius 2 is 1.71 bits per heavy atom. The first-order valence-electron chi connectivity index (χ1n) is 11.7. The topological polar surface area (TPSA) is 44.7 Å². The number of nitrogens with zero attached hydrogens (tertiary/aromatic N) is 1. The molecule has 2 aliphatic rings. The van der Waals surface area contributed by atoms with Crippen LogP contribution in [0, 0.1) is 12.1 Å². The zero-order valence-corrected chi connectivity index (χ0v) is 19.9. The Kier molecular flexibility index (Phi) is 4.51. The van der Waals surface area contributed by atoms with Crippen LogP contribution in [-0.2, 0) is 4.65 Å². The van der Waals surface area contributed by atoms with Crippen LogP contribution in [0.2, 0.25) is 0 Å². The van der Waals surface area contributed by atoms with Crippen molar-refractivity contribution in [2.24, 2.45) is 0 Å². The fourth-order valence-corrected chi connectivity index (χ4v) is 4.80. The molecule has 2 N–H and O–H groups in total. The third-order valence-corrected chi connectivity index (χ3v) is 7.46. The van der Waals surface area contributed by atoms with Crippen LogP contribution in [0.3, 0.4) is 0 Å². The smallest absolute Gasteiger partial charge is 0.309 e. The van der Waals surface area contributed by atoms with Crippen molar-refractivity contribution >= 4 is 40.8 Å². The molecule has 168 valence electrons. The largest absolute Gasteiger partial charge is 0.427 e. The van der Waals surface area contributed by atoms with Crippen molar-refractivity contribution in [2.45, 2.75) is 45.1 Å². The summed E-state index contributed by atoms with van der Waals surface area (Å²) in [5.41, 5.74) is 6.28. The minimum atomic E-state index is -0.949. The van der Waals surface area contributed by atoms with Gasteiger partial charge in [0.05, 0.1) is 28.3 Å². The van der Waals surface area contributed by atoms with Crippen molar-refractivity contribution in [3.8, 4) is 11.1 Å². The molecule has 0 saturated heterocycles. The van der Waals surface area contributed by atoms with Crippen molar-refractivity contribution in [3.05, 3.63) is 84.4 Å². The second-order valence-corrected chi connectivity index (χ2v) is 10.2. The average molecular weight is 446 g/mol. The molecule has 0 radical (unpaired) electrons. The van der Waals surface area contributed by atoms with Crippen molar-refractivity contribution in [2.75, 3.05) is 10.2 Å². The predicted octanol–water partition coefficient (Wildman–Crippen LogP) is 5.23. The van der Waals surface area contributed by atoms with Crippen molar-refractivity contribution in [1.82, 2.24) is 0 Å². The molecular formula is C29H27BN2O2. The molecule has 0 bridgehead atoms. The molecule has 2 aliphatic heterocycles. The molecule has 0 amide bonds. The molecule has 0 fully saturated rings. The maximum atomic E-state index is 10.5. The maximum Gasteiger partial charge on any atom is 0.309 e. The van der Waals surface area contributed by atoms with Gasteiger partial charge in [-0.15, -0.1) is 0 Å². The summed E-state index contributed by atoms with van der Waals surface area (Å²) in [5, 5.41) is 16.5. The van der Waals surface area contributed by atoms with Crippen molar-refractivity contribution in [3.63, 3.8) is 0 Å². The van der Waals surface area contributed by atoms with E-state index in [-0.39, 0.29) is 6.17 Å². The first kappa shape index (κ1) is 21.1. The second kappa shape index (κ2) is 7.27. The molecule has 5 heteroatoms. The van der Waals surface area contributed by atoms with Gasteiger partial charge in [-0.25, -0.2) is 0 Å². The van der Waals surface area contributed by atoms with Crippen LogP contribution in [-0.4, -0.2) is 23.8 Å². The fraction of sp³-hybridized carbons (Fsp3) is 0.241. The average Bonchev–Trinajstić information content (AvgIpc) is 3.21. The Morgan fingerprint density at radius 3 is 2.53 bits per heavy atom. The number of para-hydroxylation sites is 2. The summed E-state index contributed by atoms with van der Waals surface area (Å²) < 4.78 is 6.18. The van der Waals surface area contributed by atoms with E-state index in [9.17, 15) is 5.11 Å². The summed E-state index contributed by atoms with van der Waals surface area (Å²) in [7, 11) is 0.415. The number of fused-ring (bicyclic) bond motifs is 10. The van der Waals surface area contributed by atoms with Crippen LogP contribution in [0.25, 0.3) is 21.9 Å². The predicted molar refractivity (Wildman–Crippen MR) is 140 cm³/mol. The molecule has 4 aromatic rings. The van der Waals surface area contributed by atoms with Gasteiger partial charge in [0.2, 0.25) is 0 Å². The van der Waals surface area contributed by atoms with E-state index in [1.807, 2.05) is 19.9 Å². The molecule has 4 aromatic carbocycles. The van der Waals surface area contributed by atoms with Gasteiger partial charge in [-0.1, -0.05) is 60.1 Å². The Hall–Kier alpha value is -3.46. The van der Waals surface area contributed by atoms with Crippen molar-refractivity contribution in [1.29, 1.82) is 0 Å². The van der Waals surface area contributed by atoms with Gasteiger partial charge in [0.15, 0.2) is 0 Å². The Bertz CT molecular complexity index is 1420. The highest BCUT2D eigenvalue weighted by atomic mass is 16.5. The molecular weight excluding hydrogens is 419 g/mol. The van der Waals surface area contributed by atoms with E-state index in [1.54, 1.807) is 13.8 Å². The number of aliphatic hydroxyl groups is 1. The number of hydrogen-bond acceptors (Lipinski definition) is 4. The summed E-state index contributed by atoms with van der Waals surface area (Å²) >= 11 is 0. The maximum absolute atomic E-state index is 10.5. The minimum absolute atomic E-state index is 0.0281. The van der Waals surface area contributed by atoms with Gasteiger partial charge in [-0.2, -0.15) is 0 Å². The van der Waals surface area contributed by atoms with Gasteiger partial charge in [-0.3, -0.25) is 0 Å². The third-order valence-electron chi connectivity index (χ3n) is 7.46. The highest BCUT2D eigenvalue weighted by Gasteiger charge is 2.39. The lowest BCUT2D eigenvalue weighted by atomic mass is 9.80. The lowest BCUT2D eigenvalue weighted by Gasteiger charge is -2.38. The van der Waals surface area contributed by atoms with E-state index in [0.717, 1.165) is 39.0 Å². The zero-order valence-electron chi connectivity index (χ0n) is 19.9. The van der Waals surface area contributed by atoms with Gasteiger partial charge in [-0.05, 0) is 57.3 Å². The van der Waals surface area contributed by atoms with Gasteiger partial charge in [0, 0.05) is 22.1 Å². The van der Waals surface area contributed by atoms with Crippen LogP contribution in [0.1, 0.15) is 39.4 Å². The molecule has 34 heavy (non-hydrogen) atoms. The summed E-state index contributed by atoms with van der Waals surface area (Å²) in [6.07, 6.45) is -0.0281. The number of hydrogen-bond donors (Lipinski definition) is 2. The Balaban J connectivity index is 1.50. The van der Waals surface area contributed by atoms with E-state index in [2.05, 4.69) is 83.0 Å². The van der Waals surface area contributed by atoms with Crippen LogP contribution in [0.15, 0.2) is 66.7 Å². The minimum Gasteiger partial charge on any atom is -0.427 e. The molecule has 4 nitrogen and oxygen atoms in total. The first-order valence-corrected chi connectivity index (χ1v) is 11.7. The van der Waals surface area contributed by atoms with Crippen molar-refractivity contribution < 1.29 is 9.76 Å². The highest BCUT2D eigenvalue weighted by molar-refractivity contribution is 6.47. The van der Waals surface area contributed by atoms with Crippen LogP contribution in [0.4, 0.5) is 17.1 Å². The van der Waals surface area contributed by atoms with E-state index < -0.39 is 11.2 Å². The summed E-state index contributed by atoms with van der Waals surface area (Å²) in [6.45, 7) is 7.41. The lowest BCUT2D eigenvalue weighted by Crippen LogP contribution is -2.49. The van der Waals surface area contributed by atoms with Gasteiger partial charge in [0.1, 0.15) is 6.17 Å². The number of anilines is 3. The van der Waals surface area contributed by atoms with E-state index in [0.29, 0.717) is 7.48 Å². The number of nitrogens with one attached hydrogen (secondary N) is 1. The Labute approximate surface area is 201 Å². The highest BCUT2D eigenvalue weighted by Crippen LogP contribution is 2.54. The number of benzene rings is 3. The zero-order chi connectivity index (χ0) is 23.7. The fourth-order valence-electron chi connectivity index (χ4n) is 4.80. The second-order valence-electron chi connectivity index (χ2n) is 10.2. The molecule has 0 aliphatic carbocycles. The van der Waals surface area contributed by atoms with E-state index in [4.69, 9.17) is 4.65 Å². The molecule has 1 atom stereocenters. The van der Waals surface area contributed by atoms with Crippen LogP contribution >= 0.6 is 0 Å². The van der Waals surface area contributed by atoms with E-state index in [1.165, 1.54) is 10.9 Å². The first-order chi connectivity index (χ1) is 16.2. The summed E-state index contributed by atoms with van der Waals surface area (Å²) in [6, 6.07) is 30.2. The van der Waals surface area contributed by atoms with Crippen LogP contribution < -0.4 is 15.7 Å². The molecule has 6 rings (SSSR count).